The highest BCUT2D eigenvalue weighted by Crippen LogP contribution is 2.21. The molecule has 1 rings (SSSR count). The average molecular weight is 285 g/mol. The number of phenolic OH excluding ortho intramolecular Hbond substituents is 1. The van der Waals surface area contributed by atoms with Crippen molar-refractivity contribution in [1.29, 1.82) is 0 Å². The van der Waals surface area contributed by atoms with Gasteiger partial charge in [-0.25, -0.2) is 4.39 Å². The smallest absolute Gasteiger partial charge is 0.260 e. The summed E-state index contributed by atoms with van der Waals surface area (Å²) in [7, 11) is 3.10. The molecular weight excluding hydrogens is 265 g/mol. The zero-order valence-electron chi connectivity index (χ0n) is 11.8. The molecule has 0 spiro atoms. The Morgan fingerprint density at radius 3 is 2.55 bits per heavy atom. The molecule has 0 radical (unpaired) electrons. The highest BCUT2D eigenvalue weighted by molar-refractivity contribution is 5.97. The van der Waals surface area contributed by atoms with E-state index in [1.165, 1.54) is 24.1 Å². The average Bonchev–Trinajstić information content (AvgIpc) is 2.42. The van der Waals surface area contributed by atoms with E-state index in [-0.39, 0.29) is 11.3 Å². The number of benzene rings is 1. The third-order valence-electron chi connectivity index (χ3n) is 2.83. The maximum atomic E-state index is 13.7. The molecule has 1 amide bonds. The molecule has 5 nitrogen and oxygen atoms in total. The fourth-order valence-electron chi connectivity index (χ4n) is 1.80. The predicted octanol–water partition coefficient (Wildman–Crippen LogP) is 1.66. The van der Waals surface area contributed by atoms with Crippen LogP contribution < -0.4 is 0 Å². The molecule has 0 atom stereocenters. The third kappa shape index (κ3) is 4.47. The fraction of sp³-hybridized carbons (Fsp3) is 0.500. The van der Waals surface area contributed by atoms with Gasteiger partial charge in [-0.05, 0) is 18.6 Å². The summed E-state index contributed by atoms with van der Waals surface area (Å²) in [5.74, 6) is -1.64. The van der Waals surface area contributed by atoms with E-state index < -0.39 is 11.7 Å². The minimum absolute atomic E-state index is 0.305. The largest absolute Gasteiger partial charge is 0.507 e. The van der Waals surface area contributed by atoms with Gasteiger partial charge in [0.25, 0.3) is 5.91 Å². The molecule has 112 valence electrons. The van der Waals surface area contributed by atoms with Crippen LogP contribution in [0.4, 0.5) is 4.39 Å². The van der Waals surface area contributed by atoms with Crippen molar-refractivity contribution >= 4 is 5.91 Å². The minimum Gasteiger partial charge on any atom is -0.507 e. The number of methoxy groups -OCH3 is 2. The molecule has 0 aromatic heterocycles. The van der Waals surface area contributed by atoms with Crippen LogP contribution in [0.25, 0.3) is 0 Å². The number of rotatable bonds is 8. The molecule has 0 aliphatic heterocycles. The van der Waals surface area contributed by atoms with E-state index >= 15 is 0 Å². The number of carbonyl (C=O) groups is 1. The van der Waals surface area contributed by atoms with E-state index in [4.69, 9.17) is 9.47 Å². The van der Waals surface area contributed by atoms with Gasteiger partial charge in [-0.1, -0.05) is 6.07 Å². The Morgan fingerprint density at radius 1 is 1.25 bits per heavy atom. The second-order valence-corrected chi connectivity index (χ2v) is 4.27. The molecule has 1 aromatic carbocycles. The lowest BCUT2D eigenvalue weighted by molar-refractivity contribution is 0.0666. The molecule has 0 aliphatic rings. The van der Waals surface area contributed by atoms with Gasteiger partial charge in [-0.15, -0.1) is 0 Å². The summed E-state index contributed by atoms with van der Waals surface area (Å²) in [6.07, 6.45) is 0.626. The lowest BCUT2D eigenvalue weighted by atomic mass is 10.1. The first-order chi connectivity index (χ1) is 9.61. The van der Waals surface area contributed by atoms with Gasteiger partial charge in [-0.3, -0.25) is 4.79 Å². The number of nitrogens with zero attached hydrogens (tertiary/aromatic N) is 1. The van der Waals surface area contributed by atoms with Gasteiger partial charge in [0.15, 0.2) is 0 Å². The number of ether oxygens (including phenoxy) is 2. The Hall–Kier alpha value is -1.66. The van der Waals surface area contributed by atoms with Crippen LogP contribution in [0.15, 0.2) is 18.2 Å². The van der Waals surface area contributed by atoms with Crippen LogP contribution in [0.2, 0.25) is 0 Å². The lowest BCUT2D eigenvalue weighted by Gasteiger charge is -2.23. The van der Waals surface area contributed by atoms with Crippen LogP contribution in [0.3, 0.4) is 0 Å². The van der Waals surface area contributed by atoms with Gasteiger partial charge in [0, 0.05) is 33.9 Å². The van der Waals surface area contributed by atoms with Crippen molar-refractivity contribution < 1.29 is 23.8 Å². The van der Waals surface area contributed by atoms with Crippen molar-refractivity contribution in [3.05, 3.63) is 29.6 Å². The molecule has 0 aliphatic carbocycles. The quantitative estimate of drug-likeness (QED) is 0.738. The number of halogens is 1. The monoisotopic (exact) mass is 285 g/mol. The summed E-state index contributed by atoms with van der Waals surface area (Å²) in [4.78, 5) is 13.8. The molecule has 0 saturated heterocycles. The standard InChI is InChI=1S/C14H20FNO4/c1-19-9-4-7-16(8-10-20-2)14(18)13-11(15)5-3-6-12(13)17/h3,5-6,17H,4,7-10H2,1-2H3. The van der Waals surface area contributed by atoms with Gasteiger partial charge < -0.3 is 19.5 Å². The van der Waals surface area contributed by atoms with Crippen molar-refractivity contribution in [3.63, 3.8) is 0 Å². The second-order valence-electron chi connectivity index (χ2n) is 4.27. The second kappa shape index (κ2) is 8.50. The number of amides is 1. The first-order valence-electron chi connectivity index (χ1n) is 6.36. The van der Waals surface area contributed by atoms with Gasteiger partial charge >= 0.3 is 0 Å². The first-order valence-corrected chi connectivity index (χ1v) is 6.36. The van der Waals surface area contributed by atoms with Crippen LogP contribution in [0.5, 0.6) is 5.75 Å². The van der Waals surface area contributed by atoms with E-state index in [9.17, 15) is 14.3 Å². The molecule has 6 heteroatoms. The topological polar surface area (TPSA) is 59.0 Å². The molecule has 0 fully saturated rings. The zero-order valence-corrected chi connectivity index (χ0v) is 11.8. The van der Waals surface area contributed by atoms with Crippen molar-refractivity contribution in [2.75, 3.05) is 40.5 Å². The Morgan fingerprint density at radius 2 is 1.95 bits per heavy atom. The van der Waals surface area contributed by atoms with Crippen molar-refractivity contribution in [2.45, 2.75) is 6.42 Å². The number of hydrogen-bond donors (Lipinski definition) is 1. The van der Waals surface area contributed by atoms with E-state index in [0.29, 0.717) is 32.7 Å². The van der Waals surface area contributed by atoms with Gasteiger partial charge in [0.05, 0.1) is 6.61 Å². The van der Waals surface area contributed by atoms with Crippen LogP contribution in [-0.4, -0.2) is 56.4 Å². The Balaban J connectivity index is 2.85. The molecule has 1 N–H and O–H groups in total. The van der Waals surface area contributed by atoms with Crippen LogP contribution >= 0.6 is 0 Å². The molecule has 0 saturated carbocycles. The van der Waals surface area contributed by atoms with Crippen LogP contribution in [-0.2, 0) is 9.47 Å². The maximum absolute atomic E-state index is 13.7. The summed E-state index contributed by atoms with van der Waals surface area (Å²) in [5, 5.41) is 9.66. The summed E-state index contributed by atoms with van der Waals surface area (Å²) < 4.78 is 23.6. The van der Waals surface area contributed by atoms with Crippen LogP contribution in [0, 0.1) is 5.82 Å². The van der Waals surface area contributed by atoms with Crippen molar-refractivity contribution in [1.82, 2.24) is 4.90 Å². The van der Waals surface area contributed by atoms with E-state index in [2.05, 4.69) is 0 Å². The number of hydrogen-bond acceptors (Lipinski definition) is 4. The summed E-state index contributed by atoms with van der Waals surface area (Å²) in [5.41, 5.74) is -0.305. The third-order valence-corrected chi connectivity index (χ3v) is 2.83. The number of phenols is 1. The fourth-order valence-corrected chi connectivity index (χ4v) is 1.80. The van der Waals surface area contributed by atoms with Gasteiger partial charge in [0.1, 0.15) is 17.1 Å². The number of carbonyl (C=O) groups excluding carboxylic acids is 1. The van der Waals surface area contributed by atoms with E-state index in [0.717, 1.165) is 6.07 Å². The molecule has 0 heterocycles. The van der Waals surface area contributed by atoms with Crippen molar-refractivity contribution in [3.8, 4) is 5.75 Å². The summed E-state index contributed by atoms with van der Waals surface area (Å²) >= 11 is 0. The molecular formula is C14H20FNO4. The normalized spacial score (nSPS) is 10.6. The molecule has 0 unspecified atom stereocenters. The highest BCUT2D eigenvalue weighted by Gasteiger charge is 2.22. The van der Waals surface area contributed by atoms with Crippen molar-refractivity contribution in [2.24, 2.45) is 0 Å². The molecule has 1 aromatic rings. The van der Waals surface area contributed by atoms with E-state index in [1.807, 2.05) is 0 Å². The number of aromatic hydroxyl groups is 1. The van der Waals surface area contributed by atoms with Crippen LogP contribution in [0.1, 0.15) is 16.8 Å². The zero-order chi connectivity index (χ0) is 15.0. The first kappa shape index (κ1) is 16.4. The lowest BCUT2D eigenvalue weighted by Crippen LogP contribution is -2.35. The highest BCUT2D eigenvalue weighted by atomic mass is 19.1. The molecule has 20 heavy (non-hydrogen) atoms. The predicted molar refractivity (Wildman–Crippen MR) is 72.3 cm³/mol. The Bertz CT molecular complexity index is 419. The van der Waals surface area contributed by atoms with E-state index in [1.54, 1.807) is 7.11 Å². The van der Waals surface area contributed by atoms with Gasteiger partial charge in [-0.2, -0.15) is 0 Å². The SMILES string of the molecule is COCCCN(CCOC)C(=O)c1c(O)cccc1F. The Labute approximate surface area is 117 Å². The summed E-state index contributed by atoms with van der Waals surface area (Å²) in [6.45, 7) is 1.57. The molecule has 0 bridgehead atoms. The maximum Gasteiger partial charge on any atom is 0.260 e. The summed E-state index contributed by atoms with van der Waals surface area (Å²) in [6, 6.07) is 3.79. The van der Waals surface area contributed by atoms with Gasteiger partial charge in [0.2, 0.25) is 0 Å². The minimum atomic E-state index is -0.732. The Kier molecular flexibility index (Phi) is 6.97.